The van der Waals surface area contributed by atoms with Crippen molar-refractivity contribution in [2.24, 2.45) is 0 Å². The SMILES string of the molecule is CC[C@H]1S[C@@H](c2ccccc2C)N(CCN(C)C(=O)NC(C)C)C1=O. The van der Waals surface area contributed by atoms with Crippen molar-refractivity contribution in [2.45, 2.75) is 50.8 Å². The predicted molar refractivity (Wildman–Crippen MR) is 104 cm³/mol. The van der Waals surface area contributed by atoms with Crippen LogP contribution in [0, 0.1) is 6.92 Å². The van der Waals surface area contributed by atoms with Crippen molar-refractivity contribution in [3.8, 4) is 0 Å². The number of hydrogen-bond acceptors (Lipinski definition) is 3. The van der Waals surface area contributed by atoms with Crippen LogP contribution >= 0.6 is 11.8 Å². The molecule has 0 aromatic heterocycles. The van der Waals surface area contributed by atoms with Gasteiger partial charge in [-0.1, -0.05) is 31.2 Å². The largest absolute Gasteiger partial charge is 0.336 e. The molecule has 1 N–H and O–H groups in total. The van der Waals surface area contributed by atoms with Gasteiger partial charge in [0.05, 0.1) is 5.25 Å². The first-order valence-corrected chi connectivity index (χ1v) is 9.82. The van der Waals surface area contributed by atoms with E-state index >= 15 is 0 Å². The van der Waals surface area contributed by atoms with E-state index in [1.807, 2.05) is 30.9 Å². The first kappa shape index (κ1) is 19.6. The van der Waals surface area contributed by atoms with Crippen molar-refractivity contribution in [3.63, 3.8) is 0 Å². The average molecular weight is 364 g/mol. The molecular weight excluding hydrogens is 334 g/mol. The Morgan fingerprint density at radius 1 is 1.36 bits per heavy atom. The molecule has 0 spiro atoms. The van der Waals surface area contributed by atoms with Crippen LogP contribution in [0.25, 0.3) is 0 Å². The molecule has 3 amide bonds. The number of likely N-dealkylation sites (N-methyl/N-ethyl adjacent to an activating group) is 1. The van der Waals surface area contributed by atoms with Crippen LogP contribution in [0.5, 0.6) is 0 Å². The van der Waals surface area contributed by atoms with Crippen molar-refractivity contribution in [1.29, 1.82) is 0 Å². The quantitative estimate of drug-likeness (QED) is 0.843. The predicted octanol–water partition coefficient (Wildman–Crippen LogP) is 3.40. The number of rotatable bonds is 6. The molecule has 6 heteroatoms. The van der Waals surface area contributed by atoms with Crippen LogP contribution in [0.4, 0.5) is 4.79 Å². The fourth-order valence-electron chi connectivity index (χ4n) is 2.91. The maximum Gasteiger partial charge on any atom is 0.317 e. The molecule has 1 saturated heterocycles. The second-order valence-corrected chi connectivity index (χ2v) is 8.09. The summed E-state index contributed by atoms with van der Waals surface area (Å²) in [5, 5.41) is 2.91. The Balaban J connectivity index is 2.11. The molecule has 138 valence electrons. The summed E-state index contributed by atoms with van der Waals surface area (Å²) >= 11 is 1.72. The number of hydrogen-bond donors (Lipinski definition) is 1. The van der Waals surface area contributed by atoms with Crippen LogP contribution in [-0.4, -0.2) is 53.2 Å². The Bertz CT molecular complexity index is 620. The number of thioether (sulfide) groups is 1. The van der Waals surface area contributed by atoms with Gasteiger partial charge in [0, 0.05) is 26.2 Å². The van der Waals surface area contributed by atoms with E-state index in [0.29, 0.717) is 13.1 Å². The van der Waals surface area contributed by atoms with Crippen LogP contribution in [0.3, 0.4) is 0 Å². The first-order valence-electron chi connectivity index (χ1n) is 8.88. The molecule has 25 heavy (non-hydrogen) atoms. The van der Waals surface area contributed by atoms with Gasteiger partial charge in [0.1, 0.15) is 5.37 Å². The van der Waals surface area contributed by atoms with E-state index in [9.17, 15) is 9.59 Å². The Morgan fingerprint density at radius 3 is 2.64 bits per heavy atom. The Morgan fingerprint density at radius 2 is 2.04 bits per heavy atom. The highest BCUT2D eigenvalue weighted by molar-refractivity contribution is 8.01. The first-order chi connectivity index (χ1) is 11.8. The lowest BCUT2D eigenvalue weighted by Crippen LogP contribution is -2.44. The molecule has 1 aliphatic heterocycles. The third-order valence-corrected chi connectivity index (χ3v) is 6.02. The summed E-state index contributed by atoms with van der Waals surface area (Å²) in [4.78, 5) is 28.4. The maximum absolute atomic E-state index is 12.8. The van der Waals surface area contributed by atoms with E-state index in [1.165, 1.54) is 11.1 Å². The summed E-state index contributed by atoms with van der Waals surface area (Å²) in [5.74, 6) is 0.179. The van der Waals surface area contributed by atoms with E-state index in [1.54, 1.807) is 23.7 Å². The Labute approximate surface area is 155 Å². The molecule has 0 bridgehead atoms. The van der Waals surface area contributed by atoms with Gasteiger partial charge in [-0.05, 0) is 38.3 Å². The van der Waals surface area contributed by atoms with Gasteiger partial charge >= 0.3 is 6.03 Å². The Kier molecular flexibility index (Phi) is 6.76. The van der Waals surface area contributed by atoms with Gasteiger partial charge < -0.3 is 15.1 Å². The number of benzene rings is 1. The third kappa shape index (κ3) is 4.69. The topological polar surface area (TPSA) is 52.6 Å². The number of urea groups is 1. The fourth-order valence-corrected chi connectivity index (χ4v) is 4.43. The molecule has 0 aliphatic carbocycles. The minimum absolute atomic E-state index is 0.000553. The second kappa shape index (κ2) is 8.61. The van der Waals surface area contributed by atoms with Crippen LogP contribution in [0.1, 0.15) is 43.7 Å². The van der Waals surface area contributed by atoms with Crippen molar-refractivity contribution in [3.05, 3.63) is 35.4 Å². The zero-order valence-corrected chi connectivity index (χ0v) is 16.6. The highest BCUT2D eigenvalue weighted by atomic mass is 32.2. The van der Waals surface area contributed by atoms with E-state index in [4.69, 9.17) is 0 Å². The summed E-state index contributed by atoms with van der Waals surface area (Å²) in [6.45, 7) is 9.07. The van der Waals surface area contributed by atoms with Gasteiger partial charge in [0.2, 0.25) is 5.91 Å². The summed E-state index contributed by atoms with van der Waals surface area (Å²) < 4.78 is 0. The van der Waals surface area contributed by atoms with Gasteiger partial charge in [-0.25, -0.2) is 4.79 Å². The van der Waals surface area contributed by atoms with Crippen molar-refractivity contribution < 1.29 is 9.59 Å². The molecule has 1 aliphatic rings. The lowest BCUT2D eigenvalue weighted by atomic mass is 10.1. The lowest BCUT2D eigenvalue weighted by molar-refractivity contribution is -0.130. The van der Waals surface area contributed by atoms with Gasteiger partial charge in [-0.2, -0.15) is 0 Å². The zero-order chi connectivity index (χ0) is 18.6. The molecule has 1 aromatic carbocycles. The van der Waals surface area contributed by atoms with E-state index in [2.05, 4.69) is 31.3 Å². The molecule has 5 nitrogen and oxygen atoms in total. The molecule has 0 unspecified atom stereocenters. The molecule has 0 radical (unpaired) electrons. The van der Waals surface area contributed by atoms with Gasteiger partial charge in [-0.3, -0.25) is 4.79 Å². The van der Waals surface area contributed by atoms with Crippen molar-refractivity contribution in [2.75, 3.05) is 20.1 Å². The number of nitrogens with one attached hydrogen (secondary N) is 1. The molecular formula is C19H29N3O2S. The van der Waals surface area contributed by atoms with E-state index in [-0.39, 0.29) is 28.6 Å². The van der Waals surface area contributed by atoms with Crippen molar-refractivity contribution in [1.82, 2.24) is 15.1 Å². The molecule has 1 heterocycles. The molecule has 1 aromatic rings. The third-order valence-electron chi connectivity index (χ3n) is 4.40. The number of amides is 3. The van der Waals surface area contributed by atoms with Crippen LogP contribution < -0.4 is 5.32 Å². The molecule has 1 fully saturated rings. The summed E-state index contributed by atoms with van der Waals surface area (Å²) in [6, 6.07) is 8.22. The van der Waals surface area contributed by atoms with E-state index in [0.717, 1.165) is 6.42 Å². The standard InChI is InChI=1S/C19H29N3O2S/c1-6-16-17(23)22(12-11-21(5)19(24)20-13(2)3)18(25-16)15-10-8-7-9-14(15)4/h7-10,13,16,18H,6,11-12H2,1-5H3,(H,20,24)/t16-,18+/m1/s1. The molecule has 2 rings (SSSR count). The van der Waals surface area contributed by atoms with Gasteiger partial charge in [0.25, 0.3) is 0 Å². The van der Waals surface area contributed by atoms with E-state index < -0.39 is 0 Å². The molecule has 2 atom stereocenters. The molecule has 0 saturated carbocycles. The van der Waals surface area contributed by atoms with Crippen LogP contribution in [-0.2, 0) is 4.79 Å². The average Bonchev–Trinajstić information content (AvgIpc) is 2.88. The number of carbonyl (C=O) groups is 2. The minimum Gasteiger partial charge on any atom is -0.336 e. The number of nitrogens with zero attached hydrogens (tertiary/aromatic N) is 2. The second-order valence-electron chi connectivity index (χ2n) is 6.80. The number of carbonyl (C=O) groups excluding carboxylic acids is 2. The number of aryl methyl sites for hydroxylation is 1. The summed E-state index contributed by atoms with van der Waals surface area (Å²) in [5.41, 5.74) is 2.38. The minimum atomic E-state index is -0.103. The normalized spacial score (nSPS) is 20.2. The zero-order valence-electron chi connectivity index (χ0n) is 15.8. The van der Waals surface area contributed by atoms with Gasteiger partial charge in [0.15, 0.2) is 0 Å². The lowest BCUT2D eigenvalue weighted by Gasteiger charge is -2.28. The Hall–Kier alpha value is -1.69. The highest BCUT2D eigenvalue weighted by Gasteiger charge is 2.40. The summed E-state index contributed by atoms with van der Waals surface area (Å²) in [6.07, 6.45) is 0.825. The van der Waals surface area contributed by atoms with Crippen LogP contribution in [0.15, 0.2) is 24.3 Å². The van der Waals surface area contributed by atoms with Crippen molar-refractivity contribution >= 4 is 23.7 Å². The van der Waals surface area contributed by atoms with Crippen LogP contribution in [0.2, 0.25) is 0 Å². The monoisotopic (exact) mass is 363 g/mol. The van der Waals surface area contributed by atoms with Gasteiger partial charge in [-0.15, -0.1) is 11.8 Å². The highest BCUT2D eigenvalue weighted by Crippen LogP contribution is 2.44. The fraction of sp³-hybridized carbons (Fsp3) is 0.579. The summed E-state index contributed by atoms with van der Waals surface area (Å²) in [7, 11) is 1.77. The smallest absolute Gasteiger partial charge is 0.317 e. The maximum atomic E-state index is 12.8.